The molecule has 2 heterocycles. The summed E-state index contributed by atoms with van der Waals surface area (Å²) in [5, 5.41) is 0. The van der Waals surface area contributed by atoms with E-state index in [9.17, 15) is 0 Å². The van der Waals surface area contributed by atoms with E-state index in [1.807, 2.05) is 0 Å². The molecule has 2 atom stereocenters. The lowest BCUT2D eigenvalue weighted by Gasteiger charge is -2.25. The first-order chi connectivity index (χ1) is 8.70. The Bertz CT molecular complexity index is 443. The predicted molar refractivity (Wildman–Crippen MR) is 75.9 cm³/mol. The zero-order chi connectivity index (χ0) is 12.7. The second-order valence-electron chi connectivity index (χ2n) is 5.82. The third kappa shape index (κ3) is 1.82. The van der Waals surface area contributed by atoms with Crippen LogP contribution in [0.4, 0.5) is 5.69 Å². The number of likely N-dealkylation sites (tertiary alicyclic amines) is 1. The van der Waals surface area contributed by atoms with Gasteiger partial charge in [-0.15, -0.1) is 0 Å². The smallest absolute Gasteiger partial charge is 0.0445 e. The van der Waals surface area contributed by atoms with Crippen LogP contribution >= 0.6 is 0 Å². The number of likely N-dealkylation sites (N-methyl/N-ethyl adjacent to an activating group) is 1. The van der Waals surface area contributed by atoms with Crippen molar-refractivity contribution in [3.63, 3.8) is 0 Å². The Balaban J connectivity index is 1.96. The quantitative estimate of drug-likeness (QED) is 0.859. The van der Waals surface area contributed by atoms with Crippen LogP contribution in [0.1, 0.15) is 23.6 Å². The first kappa shape index (κ1) is 12.0. The van der Waals surface area contributed by atoms with Crippen LogP contribution in [0.2, 0.25) is 0 Å². The van der Waals surface area contributed by atoms with Gasteiger partial charge in [-0.2, -0.15) is 0 Å². The normalized spacial score (nSPS) is 27.8. The van der Waals surface area contributed by atoms with E-state index in [1.165, 1.54) is 29.7 Å². The van der Waals surface area contributed by atoms with Crippen LogP contribution in [-0.4, -0.2) is 38.6 Å². The topological polar surface area (TPSA) is 32.5 Å². The number of benzene rings is 1. The lowest BCUT2D eigenvalue weighted by Crippen LogP contribution is -2.22. The van der Waals surface area contributed by atoms with Crippen molar-refractivity contribution in [1.29, 1.82) is 0 Å². The molecular formula is C15H23N3. The molecule has 1 aromatic rings. The number of hydrogen-bond acceptors (Lipinski definition) is 3. The number of para-hydroxylation sites is 1. The second-order valence-corrected chi connectivity index (χ2v) is 5.82. The van der Waals surface area contributed by atoms with Crippen LogP contribution in [0.15, 0.2) is 18.2 Å². The van der Waals surface area contributed by atoms with E-state index < -0.39 is 0 Å². The second kappa shape index (κ2) is 4.56. The maximum Gasteiger partial charge on any atom is 0.0445 e. The standard InChI is InChI=1S/C15H23N3/c1-17-7-6-12-4-3-5-13(15(12)17)14-8-11(9-16)10-18(14)2/h3-5,11,14H,6-10,16H2,1-2H3. The summed E-state index contributed by atoms with van der Waals surface area (Å²) in [6, 6.07) is 7.35. The fourth-order valence-corrected chi connectivity index (χ4v) is 3.59. The summed E-state index contributed by atoms with van der Waals surface area (Å²) in [7, 11) is 4.44. The maximum absolute atomic E-state index is 5.84. The predicted octanol–water partition coefficient (Wildman–Crippen LogP) is 1.63. The highest BCUT2D eigenvalue weighted by molar-refractivity contribution is 5.64. The Morgan fingerprint density at radius 3 is 2.89 bits per heavy atom. The highest BCUT2D eigenvalue weighted by Crippen LogP contribution is 2.41. The van der Waals surface area contributed by atoms with E-state index in [-0.39, 0.29) is 0 Å². The third-order valence-corrected chi connectivity index (χ3v) is 4.58. The van der Waals surface area contributed by atoms with Gasteiger partial charge in [0, 0.05) is 31.9 Å². The minimum atomic E-state index is 0.550. The van der Waals surface area contributed by atoms with E-state index in [0.717, 1.165) is 19.6 Å². The Kier molecular flexibility index (Phi) is 3.04. The summed E-state index contributed by atoms with van der Waals surface area (Å²) in [6.07, 6.45) is 2.40. The summed E-state index contributed by atoms with van der Waals surface area (Å²) in [5.74, 6) is 0.655. The van der Waals surface area contributed by atoms with Crippen LogP contribution in [0.25, 0.3) is 0 Å². The first-order valence-corrected chi connectivity index (χ1v) is 6.94. The molecule has 3 nitrogen and oxygen atoms in total. The van der Waals surface area contributed by atoms with Gasteiger partial charge in [0.15, 0.2) is 0 Å². The number of nitrogens with two attached hydrogens (primary N) is 1. The lowest BCUT2D eigenvalue weighted by molar-refractivity contribution is 0.314. The number of rotatable bonds is 2. The van der Waals surface area contributed by atoms with E-state index in [2.05, 4.69) is 42.1 Å². The Morgan fingerprint density at radius 2 is 2.17 bits per heavy atom. The molecule has 0 bridgehead atoms. The van der Waals surface area contributed by atoms with Crippen molar-refractivity contribution in [1.82, 2.24) is 4.90 Å². The Labute approximate surface area is 110 Å². The molecule has 18 heavy (non-hydrogen) atoms. The maximum atomic E-state index is 5.84. The van der Waals surface area contributed by atoms with Gasteiger partial charge in [0.1, 0.15) is 0 Å². The number of nitrogens with zero attached hydrogens (tertiary/aromatic N) is 2. The van der Waals surface area contributed by atoms with Crippen molar-refractivity contribution in [3.05, 3.63) is 29.3 Å². The van der Waals surface area contributed by atoms with Crippen molar-refractivity contribution in [2.24, 2.45) is 11.7 Å². The zero-order valence-electron chi connectivity index (χ0n) is 11.4. The van der Waals surface area contributed by atoms with Gasteiger partial charge in [-0.1, -0.05) is 18.2 Å². The van der Waals surface area contributed by atoms with Crippen molar-refractivity contribution in [3.8, 4) is 0 Å². The monoisotopic (exact) mass is 245 g/mol. The summed E-state index contributed by atoms with van der Waals surface area (Å²) in [5.41, 5.74) is 10.3. The fraction of sp³-hybridized carbons (Fsp3) is 0.600. The van der Waals surface area contributed by atoms with Crippen LogP contribution in [0.3, 0.4) is 0 Å². The Hall–Kier alpha value is -1.06. The molecule has 0 saturated carbocycles. The summed E-state index contributed by atoms with van der Waals surface area (Å²) in [6.45, 7) is 3.10. The molecule has 2 aliphatic rings. The van der Waals surface area contributed by atoms with Crippen LogP contribution in [0.5, 0.6) is 0 Å². The SMILES string of the molecule is CN1CCc2cccc(C3CC(CN)CN3C)c21. The molecule has 0 amide bonds. The van der Waals surface area contributed by atoms with E-state index in [0.29, 0.717) is 12.0 Å². The molecular weight excluding hydrogens is 222 g/mol. The lowest BCUT2D eigenvalue weighted by atomic mass is 9.96. The van der Waals surface area contributed by atoms with E-state index in [1.54, 1.807) is 0 Å². The van der Waals surface area contributed by atoms with Crippen molar-refractivity contribution in [2.45, 2.75) is 18.9 Å². The molecule has 0 spiro atoms. The van der Waals surface area contributed by atoms with Gasteiger partial charge < -0.3 is 10.6 Å². The molecule has 0 aromatic heterocycles. The molecule has 3 rings (SSSR count). The number of anilines is 1. The van der Waals surface area contributed by atoms with Gasteiger partial charge in [-0.05, 0) is 43.5 Å². The summed E-state index contributed by atoms with van der Waals surface area (Å²) >= 11 is 0. The highest BCUT2D eigenvalue weighted by Gasteiger charge is 2.33. The molecule has 0 radical (unpaired) electrons. The average molecular weight is 245 g/mol. The molecule has 1 fully saturated rings. The first-order valence-electron chi connectivity index (χ1n) is 6.94. The molecule has 2 N–H and O–H groups in total. The third-order valence-electron chi connectivity index (χ3n) is 4.58. The Morgan fingerprint density at radius 1 is 1.33 bits per heavy atom. The summed E-state index contributed by atoms with van der Waals surface area (Å²) in [4.78, 5) is 4.88. The average Bonchev–Trinajstić information content (AvgIpc) is 2.93. The molecule has 3 heteroatoms. The largest absolute Gasteiger partial charge is 0.374 e. The molecule has 0 aliphatic carbocycles. The van der Waals surface area contributed by atoms with Crippen LogP contribution < -0.4 is 10.6 Å². The molecule has 98 valence electrons. The molecule has 2 unspecified atom stereocenters. The van der Waals surface area contributed by atoms with Gasteiger partial charge >= 0.3 is 0 Å². The molecule has 2 aliphatic heterocycles. The van der Waals surface area contributed by atoms with Gasteiger partial charge in [-0.3, -0.25) is 4.90 Å². The van der Waals surface area contributed by atoms with Gasteiger partial charge in [-0.25, -0.2) is 0 Å². The minimum Gasteiger partial charge on any atom is -0.374 e. The fourth-order valence-electron chi connectivity index (χ4n) is 3.59. The van der Waals surface area contributed by atoms with E-state index >= 15 is 0 Å². The van der Waals surface area contributed by atoms with E-state index in [4.69, 9.17) is 5.73 Å². The molecule has 1 aromatic carbocycles. The van der Waals surface area contributed by atoms with Crippen LogP contribution in [-0.2, 0) is 6.42 Å². The van der Waals surface area contributed by atoms with Crippen molar-refractivity contribution < 1.29 is 0 Å². The van der Waals surface area contributed by atoms with Crippen molar-refractivity contribution >= 4 is 5.69 Å². The highest BCUT2D eigenvalue weighted by atomic mass is 15.2. The summed E-state index contributed by atoms with van der Waals surface area (Å²) < 4.78 is 0. The zero-order valence-corrected chi connectivity index (χ0v) is 11.4. The number of hydrogen-bond donors (Lipinski definition) is 1. The van der Waals surface area contributed by atoms with Gasteiger partial charge in [0.05, 0.1) is 0 Å². The van der Waals surface area contributed by atoms with Gasteiger partial charge in [0.2, 0.25) is 0 Å². The van der Waals surface area contributed by atoms with Gasteiger partial charge in [0.25, 0.3) is 0 Å². The van der Waals surface area contributed by atoms with Crippen LogP contribution in [0, 0.1) is 5.92 Å². The number of fused-ring (bicyclic) bond motifs is 1. The minimum absolute atomic E-state index is 0.550. The molecule has 1 saturated heterocycles. The van der Waals surface area contributed by atoms with Crippen molar-refractivity contribution in [2.75, 3.05) is 38.6 Å².